The first-order valence-corrected chi connectivity index (χ1v) is 8.02. The molecule has 0 saturated heterocycles. The first-order valence-electron chi connectivity index (χ1n) is 6.54. The zero-order valence-corrected chi connectivity index (χ0v) is 12.2. The molecule has 0 amide bonds. The van der Waals surface area contributed by atoms with Gasteiger partial charge in [-0.2, -0.15) is 0 Å². The largest absolute Gasteiger partial charge is 0.494 e. The van der Waals surface area contributed by atoms with E-state index in [2.05, 4.69) is 10.8 Å². The number of methoxy groups -OCH3 is 1. The van der Waals surface area contributed by atoms with E-state index in [1.165, 1.54) is 19.2 Å². The fourth-order valence-electron chi connectivity index (χ4n) is 2.15. The van der Waals surface area contributed by atoms with E-state index in [-0.39, 0.29) is 17.2 Å². The molecular formula is C14H18FNO3S. The van der Waals surface area contributed by atoms with E-state index in [9.17, 15) is 12.8 Å². The molecule has 1 aliphatic rings. The first kappa shape index (κ1) is 15.0. The maximum Gasteiger partial charge on any atom is 0.240 e. The normalized spacial score (nSPS) is 15.8. The van der Waals surface area contributed by atoms with Gasteiger partial charge in [0.1, 0.15) is 0 Å². The molecule has 0 atom stereocenters. The van der Waals surface area contributed by atoms with Crippen LogP contribution < -0.4 is 9.46 Å². The summed E-state index contributed by atoms with van der Waals surface area (Å²) in [6.45, 7) is 0.288. The molecule has 0 unspecified atom stereocenters. The second-order valence-electron chi connectivity index (χ2n) is 4.73. The summed E-state index contributed by atoms with van der Waals surface area (Å²) in [4.78, 5) is -0.0905. The van der Waals surface area contributed by atoms with E-state index in [4.69, 9.17) is 4.74 Å². The van der Waals surface area contributed by atoms with Crippen LogP contribution in [0.15, 0.2) is 34.7 Å². The Balaban J connectivity index is 2.09. The van der Waals surface area contributed by atoms with Gasteiger partial charge >= 0.3 is 0 Å². The molecule has 0 aromatic heterocycles. The summed E-state index contributed by atoms with van der Waals surface area (Å²) in [6.07, 6.45) is 6.22. The highest BCUT2D eigenvalue weighted by molar-refractivity contribution is 7.89. The zero-order chi connectivity index (χ0) is 14.6. The average molecular weight is 299 g/mol. The number of benzene rings is 1. The SMILES string of the molecule is COc1ccc(S(=O)(=O)NCC2=CCCCC2)cc1F. The van der Waals surface area contributed by atoms with Crippen molar-refractivity contribution in [2.45, 2.75) is 30.6 Å². The molecule has 0 radical (unpaired) electrons. The van der Waals surface area contributed by atoms with Crippen molar-refractivity contribution >= 4 is 10.0 Å². The number of sulfonamides is 1. The van der Waals surface area contributed by atoms with E-state index in [1.807, 2.05) is 0 Å². The van der Waals surface area contributed by atoms with Crippen LogP contribution in [0.5, 0.6) is 5.75 Å². The van der Waals surface area contributed by atoms with Crippen LogP contribution in [-0.4, -0.2) is 22.1 Å². The molecule has 20 heavy (non-hydrogen) atoms. The van der Waals surface area contributed by atoms with Crippen LogP contribution >= 0.6 is 0 Å². The smallest absolute Gasteiger partial charge is 0.240 e. The number of ether oxygens (including phenoxy) is 1. The molecule has 0 saturated carbocycles. The summed E-state index contributed by atoms with van der Waals surface area (Å²) in [5.41, 5.74) is 1.09. The summed E-state index contributed by atoms with van der Waals surface area (Å²) in [5, 5.41) is 0. The van der Waals surface area contributed by atoms with E-state index in [1.54, 1.807) is 0 Å². The van der Waals surface area contributed by atoms with Crippen LogP contribution in [0, 0.1) is 5.82 Å². The summed E-state index contributed by atoms with van der Waals surface area (Å²) in [7, 11) is -2.36. The van der Waals surface area contributed by atoms with Crippen molar-refractivity contribution < 1.29 is 17.5 Å². The van der Waals surface area contributed by atoms with Gasteiger partial charge in [-0.25, -0.2) is 17.5 Å². The zero-order valence-electron chi connectivity index (χ0n) is 11.4. The molecule has 4 nitrogen and oxygen atoms in total. The van der Waals surface area contributed by atoms with E-state index in [0.717, 1.165) is 37.3 Å². The van der Waals surface area contributed by atoms with Gasteiger partial charge < -0.3 is 4.74 Å². The molecule has 110 valence electrons. The quantitative estimate of drug-likeness (QED) is 0.850. The third-order valence-electron chi connectivity index (χ3n) is 3.31. The van der Waals surface area contributed by atoms with E-state index < -0.39 is 15.8 Å². The van der Waals surface area contributed by atoms with Gasteiger partial charge in [-0.1, -0.05) is 11.6 Å². The highest BCUT2D eigenvalue weighted by Crippen LogP contribution is 2.21. The van der Waals surface area contributed by atoms with Crippen LogP contribution in [-0.2, 0) is 10.0 Å². The molecule has 0 fully saturated rings. The summed E-state index contributed by atoms with van der Waals surface area (Å²) in [5.74, 6) is -0.661. The van der Waals surface area contributed by atoms with Gasteiger partial charge in [-0.05, 0) is 43.9 Å². The maximum atomic E-state index is 13.5. The Bertz CT molecular complexity index is 611. The molecular weight excluding hydrogens is 281 g/mol. The predicted molar refractivity (Wildman–Crippen MR) is 74.7 cm³/mol. The van der Waals surface area contributed by atoms with Crippen LogP contribution in [0.1, 0.15) is 25.7 Å². The summed E-state index contributed by atoms with van der Waals surface area (Å²) in [6, 6.07) is 3.61. The molecule has 1 aliphatic carbocycles. The number of nitrogens with one attached hydrogen (secondary N) is 1. The Hall–Kier alpha value is -1.40. The van der Waals surface area contributed by atoms with Crippen molar-refractivity contribution in [3.8, 4) is 5.75 Å². The average Bonchev–Trinajstić information content (AvgIpc) is 2.46. The highest BCUT2D eigenvalue weighted by Gasteiger charge is 2.17. The molecule has 0 heterocycles. The molecule has 0 spiro atoms. The topological polar surface area (TPSA) is 55.4 Å². The van der Waals surface area contributed by atoms with Gasteiger partial charge in [0, 0.05) is 6.54 Å². The lowest BCUT2D eigenvalue weighted by Gasteiger charge is -2.14. The molecule has 0 bridgehead atoms. The van der Waals surface area contributed by atoms with Gasteiger partial charge in [0.25, 0.3) is 0 Å². The standard InChI is InChI=1S/C14H18FNO3S/c1-19-14-8-7-12(9-13(14)15)20(17,18)16-10-11-5-3-2-4-6-11/h5,7-9,16H,2-4,6,10H2,1H3. The second-order valence-corrected chi connectivity index (χ2v) is 6.50. The Morgan fingerprint density at radius 3 is 2.75 bits per heavy atom. The molecule has 1 aromatic rings. The van der Waals surface area contributed by atoms with Crippen LogP contribution in [0.4, 0.5) is 4.39 Å². The molecule has 1 aromatic carbocycles. The molecule has 2 rings (SSSR count). The lowest BCUT2D eigenvalue weighted by Crippen LogP contribution is -2.26. The predicted octanol–water partition coefficient (Wildman–Crippen LogP) is 2.61. The van der Waals surface area contributed by atoms with Gasteiger partial charge in [0.05, 0.1) is 12.0 Å². The third kappa shape index (κ3) is 3.58. The lowest BCUT2D eigenvalue weighted by molar-refractivity contribution is 0.385. The Morgan fingerprint density at radius 2 is 2.15 bits per heavy atom. The van der Waals surface area contributed by atoms with Crippen LogP contribution in [0.2, 0.25) is 0 Å². The molecule has 1 N–H and O–H groups in total. The Kier molecular flexibility index (Phi) is 4.77. The lowest BCUT2D eigenvalue weighted by atomic mass is 10.0. The van der Waals surface area contributed by atoms with Crippen molar-refractivity contribution in [3.05, 3.63) is 35.7 Å². The second kappa shape index (κ2) is 6.37. The van der Waals surface area contributed by atoms with Crippen molar-refractivity contribution in [1.82, 2.24) is 4.72 Å². The number of hydrogen-bond acceptors (Lipinski definition) is 3. The highest BCUT2D eigenvalue weighted by atomic mass is 32.2. The van der Waals surface area contributed by atoms with Gasteiger partial charge in [0.2, 0.25) is 10.0 Å². The van der Waals surface area contributed by atoms with Crippen LogP contribution in [0.3, 0.4) is 0 Å². The maximum absolute atomic E-state index is 13.5. The van der Waals surface area contributed by atoms with Crippen LogP contribution in [0.25, 0.3) is 0 Å². The number of halogens is 1. The minimum absolute atomic E-state index is 0.0268. The summed E-state index contributed by atoms with van der Waals surface area (Å²) < 4.78 is 45.0. The van der Waals surface area contributed by atoms with Crippen molar-refractivity contribution in [3.63, 3.8) is 0 Å². The minimum atomic E-state index is -3.69. The fraction of sp³-hybridized carbons (Fsp3) is 0.429. The van der Waals surface area contributed by atoms with Crippen molar-refractivity contribution in [2.75, 3.05) is 13.7 Å². The molecule has 6 heteroatoms. The Morgan fingerprint density at radius 1 is 1.35 bits per heavy atom. The monoisotopic (exact) mass is 299 g/mol. The number of rotatable bonds is 5. The third-order valence-corrected chi connectivity index (χ3v) is 4.71. The first-order chi connectivity index (χ1) is 9.53. The van der Waals surface area contributed by atoms with Gasteiger partial charge in [-0.3, -0.25) is 0 Å². The fourth-order valence-corrected chi connectivity index (χ4v) is 3.20. The Labute approximate surface area is 118 Å². The van der Waals surface area contributed by atoms with Crippen molar-refractivity contribution in [1.29, 1.82) is 0 Å². The van der Waals surface area contributed by atoms with E-state index >= 15 is 0 Å². The minimum Gasteiger partial charge on any atom is -0.494 e. The summed E-state index contributed by atoms with van der Waals surface area (Å²) >= 11 is 0. The van der Waals surface area contributed by atoms with Crippen molar-refractivity contribution in [2.24, 2.45) is 0 Å². The van der Waals surface area contributed by atoms with Gasteiger partial charge in [-0.15, -0.1) is 0 Å². The van der Waals surface area contributed by atoms with E-state index in [0.29, 0.717) is 0 Å². The number of allylic oxidation sites excluding steroid dienone is 1. The number of hydrogen-bond donors (Lipinski definition) is 1. The van der Waals surface area contributed by atoms with Gasteiger partial charge in [0.15, 0.2) is 11.6 Å². The molecule has 0 aliphatic heterocycles.